The molecular weight excluding hydrogens is 188 g/mol. The van der Waals surface area contributed by atoms with E-state index in [1.165, 1.54) is 10.4 Å². The molecule has 1 rings (SSSR count). The molecule has 0 spiro atoms. The quantitative estimate of drug-likeness (QED) is 0.737. The van der Waals surface area contributed by atoms with E-state index in [0.717, 1.165) is 6.54 Å². The number of thiocarbonyl (C=S) groups is 1. The lowest BCUT2D eigenvalue weighted by atomic mass is 10.3. The average Bonchev–Trinajstić information content (AvgIpc) is 2.36. The fraction of sp³-hybridized carbons (Fsp3) is 0.375. The van der Waals surface area contributed by atoms with Crippen LogP contribution in [0.15, 0.2) is 11.4 Å². The van der Waals surface area contributed by atoms with Gasteiger partial charge in [0.05, 0.1) is 6.54 Å². The second-order valence-corrected chi connectivity index (χ2v) is 4.14. The van der Waals surface area contributed by atoms with Gasteiger partial charge in [0.2, 0.25) is 0 Å². The average molecular weight is 200 g/mol. The SMILES string of the molecule is Cc1ccsc1CN(C)C(N)=S. The first-order valence-corrected chi connectivity index (χ1v) is 4.93. The molecule has 0 aliphatic rings. The van der Waals surface area contributed by atoms with Gasteiger partial charge in [0.1, 0.15) is 0 Å². The van der Waals surface area contributed by atoms with Crippen LogP contribution in [0.25, 0.3) is 0 Å². The van der Waals surface area contributed by atoms with Crippen molar-refractivity contribution < 1.29 is 0 Å². The Balaban J connectivity index is 2.64. The number of hydrogen-bond acceptors (Lipinski definition) is 2. The number of aryl methyl sites for hydroxylation is 1. The van der Waals surface area contributed by atoms with E-state index in [2.05, 4.69) is 18.4 Å². The molecule has 0 fully saturated rings. The van der Waals surface area contributed by atoms with Gasteiger partial charge in [-0.2, -0.15) is 0 Å². The molecule has 0 aliphatic heterocycles. The van der Waals surface area contributed by atoms with Crippen molar-refractivity contribution in [3.8, 4) is 0 Å². The fourth-order valence-corrected chi connectivity index (χ4v) is 1.88. The number of nitrogens with zero attached hydrogens (tertiary/aromatic N) is 1. The summed E-state index contributed by atoms with van der Waals surface area (Å²) >= 11 is 6.58. The predicted molar refractivity (Wildman–Crippen MR) is 57.3 cm³/mol. The standard InChI is InChI=1S/C8H12N2S2/c1-6-3-4-12-7(6)5-10(2)8(9)11/h3-4H,5H2,1-2H3,(H2,9,11). The normalized spacial score (nSPS) is 9.83. The van der Waals surface area contributed by atoms with Crippen molar-refractivity contribution >= 4 is 28.7 Å². The van der Waals surface area contributed by atoms with E-state index >= 15 is 0 Å². The molecule has 2 nitrogen and oxygen atoms in total. The van der Waals surface area contributed by atoms with Crippen LogP contribution in [-0.2, 0) is 6.54 Å². The highest BCUT2D eigenvalue weighted by Gasteiger charge is 2.04. The van der Waals surface area contributed by atoms with Gasteiger partial charge in [0, 0.05) is 11.9 Å². The summed E-state index contributed by atoms with van der Waals surface area (Å²) in [7, 11) is 1.90. The lowest BCUT2D eigenvalue weighted by molar-refractivity contribution is 0.508. The van der Waals surface area contributed by atoms with Crippen LogP contribution >= 0.6 is 23.6 Å². The molecule has 0 aliphatic carbocycles. The third-order valence-electron chi connectivity index (χ3n) is 1.73. The van der Waals surface area contributed by atoms with E-state index in [0.29, 0.717) is 5.11 Å². The molecule has 0 atom stereocenters. The molecule has 0 saturated heterocycles. The monoisotopic (exact) mass is 200 g/mol. The minimum Gasteiger partial charge on any atom is -0.376 e. The summed E-state index contributed by atoms with van der Waals surface area (Å²) in [6.45, 7) is 2.91. The van der Waals surface area contributed by atoms with Crippen LogP contribution in [-0.4, -0.2) is 17.1 Å². The molecule has 0 bridgehead atoms. The number of nitrogens with two attached hydrogens (primary N) is 1. The van der Waals surface area contributed by atoms with Gasteiger partial charge in [-0.25, -0.2) is 0 Å². The van der Waals surface area contributed by atoms with Crippen molar-refractivity contribution in [3.63, 3.8) is 0 Å². The maximum absolute atomic E-state index is 5.46. The Morgan fingerprint density at radius 1 is 1.75 bits per heavy atom. The van der Waals surface area contributed by atoms with Crippen LogP contribution in [0.3, 0.4) is 0 Å². The zero-order chi connectivity index (χ0) is 9.14. The lowest BCUT2D eigenvalue weighted by Crippen LogP contribution is -2.30. The van der Waals surface area contributed by atoms with Crippen molar-refractivity contribution in [2.24, 2.45) is 5.73 Å². The molecule has 0 radical (unpaired) electrons. The minimum atomic E-state index is 0.447. The van der Waals surface area contributed by atoms with Crippen LogP contribution in [0, 0.1) is 6.92 Å². The van der Waals surface area contributed by atoms with Gasteiger partial charge in [-0.1, -0.05) is 0 Å². The summed E-state index contributed by atoms with van der Waals surface area (Å²) in [5.41, 5.74) is 6.77. The first-order valence-electron chi connectivity index (χ1n) is 3.65. The van der Waals surface area contributed by atoms with E-state index < -0.39 is 0 Å². The first-order chi connectivity index (χ1) is 5.61. The summed E-state index contributed by atoms with van der Waals surface area (Å²) in [6.07, 6.45) is 0. The van der Waals surface area contributed by atoms with Crippen molar-refractivity contribution in [2.45, 2.75) is 13.5 Å². The third kappa shape index (κ3) is 2.19. The molecule has 1 heterocycles. The summed E-state index contributed by atoms with van der Waals surface area (Å²) in [6, 6.07) is 2.10. The zero-order valence-corrected chi connectivity index (χ0v) is 8.84. The Hall–Kier alpha value is -0.610. The summed E-state index contributed by atoms with van der Waals surface area (Å²) in [4.78, 5) is 3.19. The van der Waals surface area contributed by atoms with E-state index in [1.54, 1.807) is 11.3 Å². The molecule has 0 unspecified atom stereocenters. The highest BCUT2D eigenvalue weighted by atomic mass is 32.1. The van der Waals surface area contributed by atoms with E-state index in [9.17, 15) is 0 Å². The van der Waals surface area contributed by atoms with Crippen LogP contribution in [0.2, 0.25) is 0 Å². The first kappa shape index (κ1) is 9.48. The molecule has 66 valence electrons. The van der Waals surface area contributed by atoms with E-state index in [1.807, 2.05) is 11.9 Å². The summed E-state index contributed by atoms with van der Waals surface area (Å²) < 4.78 is 0. The molecule has 2 N–H and O–H groups in total. The molecule has 0 amide bonds. The van der Waals surface area contributed by atoms with Crippen molar-refractivity contribution in [1.82, 2.24) is 4.90 Å². The van der Waals surface area contributed by atoms with E-state index in [-0.39, 0.29) is 0 Å². The highest BCUT2D eigenvalue weighted by molar-refractivity contribution is 7.80. The van der Waals surface area contributed by atoms with Crippen molar-refractivity contribution in [3.05, 3.63) is 21.9 Å². The number of hydrogen-bond donors (Lipinski definition) is 1. The molecule has 1 aromatic heterocycles. The summed E-state index contributed by atoms with van der Waals surface area (Å²) in [5.74, 6) is 0. The lowest BCUT2D eigenvalue weighted by Gasteiger charge is -2.15. The largest absolute Gasteiger partial charge is 0.376 e. The Morgan fingerprint density at radius 3 is 2.83 bits per heavy atom. The van der Waals surface area contributed by atoms with Gasteiger partial charge in [0.25, 0.3) is 0 Å². The van der Waals surface area contributed by atoms with Gasteiger partial charge in [-0.3, -0.25) is 0 Å². The second kappa shape index (κ2) is 3.87. The van der Waals surface area contributed by atoms with Crippen LogP contribution in [0.5, 0.6) is 0 Å². The molecule has 0 aromatic carbocycles. The molecule has 1 aromatic rings. The van der Waals surface area contributed by atoms with Crippen molar-refractivity contribution in [1.29, 1.82) is 0 Å². The van der Waals surface area contributed by atoms with Crippen LogP contribution < -0.4 is 5.73 Å². The Kier molecular flexibility index (Phi) is 3.05. The van der Waals surface area contributed by atoms with Crippen LogP contribution in [0.1, 0.15) is 10.4 Å². The van der Waals surface area contributed by atoms with Gasteiger partial charge >= 0.3 is 0 Å². The van der Waals surface area contributed by atoms with Crippen molar-refractivity contribution in [2.75, 3.05) is 7.05 Å². The molecule has 0 saturated carbocycles. The fourth-order valence-electron chi connectivity index (χ4n) is 0.859. The topological polar surface area (TPSA) is 29.3 Å². The molecular formula is C8H12N2S2. The van der Waals surface area contributed by atoms with Gasteiger partial charge in [-0.05, 0) is 36.2 Å². The Morgan fingerprint density at radius 2 is 2.42 bits per heavy atom. The van der Waals surface area contributed by atoms with Crippen LogP contribution in [0.4, 0.5) is 0 Å². The van der Waals surface area contributed by atoms with Gasteiger partial charge in [0.15, 0.2) is 5.11 Å². The molecule has 4 heteroatoms. The molecule has 12 heavy (non-hydrogen) atoms. The second-order valence-electron chi connectivity index (χ2n) is 2.72. The Bertz CT molecular complexity index is 280. The zero-order valence-electron chi connectivity index (χ0n) is 7.20. The summed E-state index contributed by atoms with van der Waals surface area (Å²) in [5, 5.41) is 2.53. The maximum atomic E-state index is 5.46. The minimum absolute atomic E-state index is 0.447. The predicted octanol–water partition coefficient (Wildman–Crippen LogP) is 1.73. The number of rotatable bonds is 2. The highest BCUT2D eigenvalue weighted by Crippen LogP contribution is 2.16. The van der Waals surface area contributed by atoms with Gasteiger partial charge in [-0.15, -0.1) is 11.3 Å². The number of thiophene rings is 1. The smallest absolute Gasteiger partial charge is 0.166 e. The maximum Gasteiger partial charge on any atom is 0.166 e. The third-order valence-corrected chi connectivity index (χ3v) is 3.04. The van der Waals surface area contributed by atoms with E-state index in [4.69, 9.17) is 18.0 Å². The van der Waals surface area contributed by atoms with Gasteiger partial charge < -0.3 is 10.6 Å². The Labute approximate surface area is 82.0 Å².